The van der Waals surface area contributed by atoms with Gasteiger partial charge in [-0.1, -0.05) is 19.0 Å². The molecule has 0 aliphatic carbocycles. The molecular formula is C21H23N3O6S. The number of nitrogens with zero attached hydrogens (tertiary/aromatic N) is 2. The van der Waals surface area contributed by atoms with Crippen LogP contribution in [0, 0.1) is 5.92 Å². The van der Waals surface area contributed by atoms with E-state index in [4.69, 9.17) is 18.7 Å². The molecule has 1 N–H and O–H groups in total. The average molecular weight is 445 g/mol. The molecule has 2 aromatic carbocycles. The molecule has 0 radical (unpaired) electrons. The van der Waals surface area contributed by atoms with E-state index in [1.807, 2.05) is 13.8 Å². The van der Waals surface area contributed by atoms with E-state index in [1.165, 1.54) is 12.1 Å². The van der Waals surface area contributed by atoms with Crippen LogP contribution in [-0.4, -0.2) is 38.9 Å². The molecule has 1 aliphatic heterocycles. The summed E-state index contributed by atoms with van der Waals surface area (Å²) >= 11 is 0. The van der Waals surface area contributed by atoms with Gasteiger partial charge in [-0.15, -0.1) is 0 Å². The van der Waals surface area contributed by atoms with E-state index in [9.17, 15) is 8.42 Å². The molecule has 9 nitrogen and oxygen atoms in total. The first-order valence-electron chi connectivity index (χ1n) is 9.77. The molecule has 0 saturated carbocycles. The van der Waals surface area contributed by atoms with Gasteiger partial charge in [0.05, 0.1) is 12.0 Å². The van der Waals surface area contributed by atoms with Crippen LogP contribution in [0.2, 0.25) is 0 Å². The zero-order valence-corrected chi connectivity index (χ0v) is 18.2. The van der Waals surface area contributed by atoms with Gasteiger partial charge in [-0.3, -0.25) is 0 Å². The van der Waals surface area contributed by atoms with Crippen molar-refractivity contribution in [2.75, 3.05) is 20.3 Å². The Kier molecular flexibility index (Phi) is 5.84. The molecule has 0 bridgehead atoms. The van der Waals surface area contributed by atoms with E-state index >= 15 is 0 Å². The highest BCUT2D eigenvalue weighted by Crippen LogP contribution is 2.33. The van der Waals surface area contributed by atoms with Gasteiger partial charge in [0.2, 0.25) is 21.7 Å². The molecule has 3 aromatic rings. The summed E-state index contributed by atoms with van der Waals surface area (Å²) < 4.78 is 50.3. The zero-order chi connectivity index (χ0) is 22.0. The van der Waals surface area contributed by atoms with E-state index in [0.29, 0.717) is 36.3 Å². The van der Waals surface area contributed by atoms with Gasteiger partial charge < -0.3 is 18.7 Å². The number of fused-ring (bicyclic) bond motifs is 1. The smallest absolute Gasteiger partial charge is 0.245 e. The Morgan fingerprint density at radius 1 is 1.03 bits per heavy atom. The largest absolute Gasteiger partial charge is 0.497 e. The topological polar surface area (TPSA) is 113 Å². The van der Waals surface area contributed by atoms with Crippen LogP contribution in [0.4, 0.5) is 0 Å². The van der Waals surface area contributed by atoms with Crippen molar-refractivity contribution in [2.24, 2.45) is 5.92 Å². The fourth-order valence-corrected chi connectivity index (χ4v) is 4.47. The number of benzene rings is 2. The molecule has 0 amide bonds. The Balaban J connectivity index is 1.58. The minimum atomic E-state index is -3.88. The van der Waals surface area contributed by atoms with Crippen molar-refractivity contribution >= 4 is 10.0 Å². The van der Waals surface area contributed by atoms with Crippen molar-refractivity contribution in [2.45, 2.75) is 24.8 Å². The third-order valence-electron chi connectivity index (χ3n) is 4.83. The van der Waals surface area contributed by atoms with Crippen molar-refractivity contribution in [3.63, 3.8) is 0 Å². The van der Waals surface area contributed by atoms with Crippen molar-refractivity contribution in [3.8, 4) is 28.6 Å². The first-order valence-corrected chi connectivity index (χ1v) is 11.3. The molecule has 31 heavy (non-hydrogen) atoms. The number of hydrogen-bond donors (Lipinski definition) is 1. The van der Waals surface area contributed by atoms with Gasteiger partial charge in [-0.2, -0.15) is 9.71 Å². The molecule has 4 rings (SSSR count). The lowest BCUT2D eigenvalue weighted by atomic mass is 10.1. The molecular weight excluding hydrogens is 422 g/mol. The van der Waals surface area contributed by atoms with Gasteiger partial charge in [0.25, 0.3) is 0 Å². The van der Waals surface area contributed by atoms with Crippen molar-refractivity contribution in [3.05, 3.63) is 48.4 Å². The highest BCUT2D eigenvalue weighted by atomic mass is 32.2. The number of ether oxygens (including phenoxy) is 3. The second kappa shape index (κ2) is 8.56. The quantitative estimate of drug-likeness (QED) is 0.590. The van der Waals surface area contributed by atoms with Crippen LogP contribution in [0.25, 0.3) is 11.4 Å². The summed E-state index contributed by atoms with van der Waals surface area (Å²) in [5.74, 6) is 2.03. The summed E-state index contributed by atoms with van der Waals surface area (Å²) in [5.41, 5.74) is 0.730. The molecule has 1 atom stereocenters. The fourth-order valence-electron chi connectivity index (χ4n) is 3.12. The van der Waals surface area contributed by atoms with E-state index in [0.717, 1.165) is 5.56 Å². The molecule has 0 spiro atoms. The monoisotopic (exact) mass is 445 g/mol. The van der Waals surface area contributed by atoms with Crippen LogP contribution in [0.1, 0.15) is 25.8 Å². The minimum Gasteiger partial charge on any atom is -0.497 e. The Bertz CT molecular complexity index is 1160. The third-order valence-corrected chi connectivity index (χ3v) is 6.27. The number of rotatable bonds is 7. The Labute approximate surface area is 180 Å². The summed E-state index contributed by atoms with van der Waals surface area (Å²) in [5, 5.41) is 4.01. The van der Waals surface area contributed by atoms with Gasteiger partial charge in [0.1, 0.15) is 25.0 Å². The Morgan fingerprint density at radius 3 is 2.42 bits per heavy atom. The highest BCUT2D eigenvalue weighted by Gasteiger charge is 2.29. The minimum absolute atomic E-state index is 0.0669. The molecule has 10 heteroatoms. The van der Waals surface area contributed by atoms with E-state index in [1.54, 1.807) is 37.4 Å². The molecule has 1 aliphatic rings. The van der Waals surface area contributed by atoms with Crippen molar-refractivity contribution in [1.82, 2.24) is 14.9 Å². The standard InChI is InChI=1S/C21H23N3O6S/c1-13(2)19(21-22-20(23-30-21)14-4-6-15(27-3)7-5-14)24-31(25,26)16-8-9-17-18(12-16)29-11-10-28-17/h4-9,12-13,19,24H,10-11H2,1-3H3. The number of hydrogen-bond acceptors (Lipinski definition) is 8. The van der Waals surface area contributed by atoms with E-state index in [2.05, 4.69) is 14.9 Å². The third kappa shape index (κ3) is 4.49. The summed E-state index contributed by atoms with van der Waals surface area (Å²) in [6.07, 6.45) is 0. The van der Waals surface area contributed by atoms with Crippen LogP contribution >= 0.6 is 0 Å². The predicted octanol–water partition coefficient (Wildman–Crippen LogP) is 3.19. The van der Waals surface area contributed by atoms with Crippen molar-refractivity contribution < 1.29 is 27.2 Å². The second-order valence-electron chi connectivity index (χ2n) is 7.33. The molecule has 0 saturated heterocycles. The van der Waals surface area contributed by atoms with Crippen molar-refractivity contribution in [1.29, 1.82) is 0 Å². The normalized spacial score (nSPS) is 14.5. The maximum atomic E-state index is 13.0. The molecule has 0 fully saturated rings. The highest BCUT2D eigenvalue weighted by molar-refractivity contribution is 7.89. The van der Waals surface area contributed by atoms with Crippen LogP contribution < -0.4 is 18.9 Å². The lowest BCUT2D eigenvalue weighted by Gasteiger charge is -2.21. The Morgan fingerprint density at radius 2 is 1.74 bits per heavy atom. The van der Waals surface area contributed by atoms with Gasteiger partial charge in [-0.05, 0) is 42.3 Å². The lowest BCUT2D eigenvalue weighted by molar-refractivity contribution is 0.171. The first-order chi connectivity index (χ1) is 14.9. The lowest BCUT2D eigenvalue weighted by Crippen LogP contribution is -2.32. The summed E-state index contributed by atoms with van der Waals surface area (Å²) in [6.45, 7) is 4.54. The molecule has 1 aromatic heterocycles. The number of sulfonamides is 1. The summed E-state index contributed by atoms with van der Waals surface area (Å²) in [7, 11) is -2.29. The van der Waals surface area contributed by atoms with Crippen LogP contribution in [0.3, 0.4) is 0 Å². The van der Waals surface area contributed by atoms with Crippen LogP contribution in [0.5, 0.6) is 17.2 Å². The molecule has 1 unspecified atom stereocenters. The Hall–Kier alpha value is -3.11. The summed E-state index contributed by atoms with van der Waals surface area (Å²) in [4.78, 5) is 4.48. The average Bonchev–Trinajstić information content (AvgIpc) is 3.27. The van der Waals surface area contributed by atoms with Crippen LogP contribution in [-0.2, 0) is 10.0 Å². The second-order valence-corrected chi connectivity index (χ2v) is 9.05. The maximum Gasteiger partial charge on any atom is 0.245 e. The zero-order valence-electron chi connectivity index (χ0n) is 17.4. The molecule has 2 heterocycles. The van der Waals surface area contributed by atoms with E-state index < -0.39 is 16.1 Å². The number of aromatic nitrogens is 2. The maximum absolute atomic E-state index is 13.0. The predicted molar refractivity (Wildman–Crippen MR) is 112 cm³/mol. The van der Waals surface area contributed by atoms with Gasteiger partial charge in [-0.25, -0.2) is 8.42 Å². The first kappa shape index (κ1) is 21.1. The fraction of sp³-hybridized carbons (Fsp3) is 0.333. The SMILES string of the molecule is COc1ccc(-c2noc(C(NS(=O)(=O)c3ccc4c(c3)OCCO4)C(C)C)n2)cc1. The molecule has 164 valence electrons. The van der Waals surface area contributed by atoms with Gasteiger partial charge >= 0.3 is 0 Å². The van der Waals surface area contributed by atoms with Gasteiger partial charge in [0, 0.05) is 11.6 Å². The number of methoxy groups -OCH3 is 1. The number of nitrogens with one attached hydrogen (secondary N) is 1. The van der Waals surface area contributed by atoms with E-state index in [-0.39, 0.29) is 16.7 Å². The van der Waals surface area contributed by atoms with Gasteiger partial charge in [0.15, 0.2) is 11.5 Å². The van der Waals surface area contributed by atoms with Crippen LogP contribution in [0.15, 0.2) is 51.9 Å². The summed E-state index contributed by atoms with van der Waals surface area (Å²) in [6, 6.07) is 11.0.